The van der Waals surface area contributed by atoms with Gasteiger partial charge in [0.25, 0.3) is 0 Å². The summed E-state index contributed by atoms with van der Waals surface area (Å²) in [4.78, 5) is 36.4. The van der Waals surface area contributed by atoms with Gasteiger partial charge in [-0.15, -0.1) is 0 Å². The SMILES string of the molecule is CC(C)OC(=O)CC(NC(=O)CCNC(=O)Nc1ccc(Br)cc1)c1ccccc1. The van der Waals surface area contributed by atoms with Gasteiger partial charge in [0.05, 0.1) is 18.6 Å². The second-order valence-corrected chi connectivity index (χ2v) is 7.83. The molecule has 0 fully saturated rings. The molecular weight excluding hydrogens is 450 g/mol. The summed E-state index contributed by atoms with van der Waals surface area (Å²) in [5, 5.41) is 8.18. The molecule has 0 aliphatic heterocycles. The Morgan fingerprint density at radius 1 is 1.00 bits per heavy atom. The molecule has 160 valence electrons. The molecule has 0 saturated carbocycles. The van der Waals surface area contributed by atoms with E-state index in [0.717, 1.165) is 10.0 Å². The summed E-state index contributed by atoms with van der Waals surface area (Å²) >= 11 is 3.33. The maximum Gasteiger partial charge on any atom is 0.319 e. The Morgan fingerprint density at radius 2 is 1.67 bits per heavy atom. The number of urea groups is 1. The van der Waals surface area contributed by atoms with Crippen LogP contribution in [0.25, 0.3) is 0 Å². The van der Waals surface area contributed by atoms with Crippen molar-refractivity contribution in [3.63, 3.8) is 0 Å². The molecule has 0 aromatic heterocycles. The first-order valence-corrected chi connectivity index (χ1v) is 10.5. The number of rotatable bonds is 9. The van der Waals surface area contributed by atoms with Crippen LogP contribution in [0.3, 0.4) is 0 Å². The van der Waals surface area contributed by atoms with Gasteiger partial charge in [-0.05, 0) is 43.7 Å². The Bertz CT molecular complexity index is 841. The van der Waals surface area contributed by atoms with Crippen LogP contribution in [0.15, 0.2) is 59.1 Å². The summed E-state index contributed by atoms with van der Waals surface area (Å²) in [6.45, 7) is 3.71. The minimum absolute atomic E-state index is 0.0331. The summed E-state index contributed by atoms with van der Waals surface area (Å²) in [5.41, 5.74) is 1.46. The third kappa shape index (κ3) is 8.65. The number of carbonyl (C=O) groups is 3. The fourth-order valence-corrected chi connectivity index (χ4v) is 2.94. The van der Waals surface area contributed by atoms with Gasteiger partial charge in [-0.3, -0.25) is 9.59 Å². The molecule has 30 heavy (non-hydrogen) atoms. The van der Waals surface area contributed by atoms with Crippen molar-refractivity contribution in [1.82, 2.24) is 10.6 Å². The van der Waals surface area contributed by atoms with Gasteiger partial charge < -0.3 is 20.7 Å². The van der Waals surface area contributed by atoms with Crippen molar-refractivity contribution in [3.8, 4) is 0 Å². The second-order valence-electron chi connectivity index (χ2n) is 6.91. The van der Waals surface area contributed by atoms with Crippen LogP contribution in [0.4, 0.5) is 10.5 Å². The number of benzene rings is 2. The van der Waals surface area contributed by atoms with Crippen LogP contribution in [0, 0.1) is 0 Å². The van der Waals surface area contributed by atoms with Crippen molar-refractivity contribution < 1.29 is 19.1 Å². The molecule has 0 aliphatic rings. The maximum absolute atomic E-state index is 12.4. The van der Waals surface area contributed by atoms with Crippen molar-refractivity contribution in [2.75, 3.05) is 11.9 Å². The lowest BCUT2D eigenvalue weighted by Crippen LogP contribution is -2.35. The highest BCUT2D eigenvalue weighted by Gasteiger charge is 2.20. The predicted octanol–water partition coefficient (Wildman–Crippen LogP) is 4.16. The Kier molecular flexibility index (Phi) is 9.34. The Labute approximate surface area is 184 Å². The van der Waals surface area contributed by atoms with Gasteiger partial charge in [0, 0.05) is 23.1 Å². The van der Waals surface area contributed by atoms with E-state index in [-0.39, 0.29) is 37.4 Å². The average molecular weight is 476 g/mol. The quantitative estimate of drug-likeness (QED) is 0.474. The topological polar surface area (TPSA) is 96.5 Å². The molecule has 0 aliphatic carbocycles. The molecule has 0 radical (unpaired) electrons. The number of nitrogens with one attached hydrogen (secondary N) is 3. The normalized spacial score (nSPS) is 11.5. The molecule has 7 nitrogen and oxygen atoms in total. The lowest BCUT2D eigenvalue weighted by molar-refractivity contribution is -0.148. The fraction of sp³-hybridized carbons (Fsp3) is 0.318. The van der Waals surface area contributed by atoms with E-state index in [1.165, 1.54) is 0 Å². The second kappa shape index (κ2) is 12.0. The number of carbonyl (C=O) groups excluding carboxylic acids is 3. The summed E-state index contributed by atoms with van der Waals surface area (Å²) in [6.07, 6.45) is -0.111. The zero-order chi connectivity index (χ0) is 21.9. The van der Waals surface area contributed by atoms with Gasteiger partial charge in [-0.1, -0.05) is 46.3 Å². The van der Waals surface area contributed by atoms with E-state index in [1.807, 2.05) is 42.5 Å². The highest BCUT2D eigenvalue weighted by atomic mass is 79.9. The Balaban J connectivity index is 1.83. The van der Waals surface area contributed by atoms with Crippen LogP contribution in [0.2, 0.25) is 0 Å². The first-order chi connectivity index (χ1) is 14.3. The summed E-state index contributed by atoms with van der Waals surface area (Å²) in [6, 6.07) is 15.5. The van der Waals surface area contributed by atoms with Crippen LogP contribution in [0.1, 0.15) is 38.3 Å². The average Bonchev–Trinajstić information content (AvgIpc) is 2.69. The zero-order valence-corrected chi connectivity index (χ0v) is 18.6. The minimum Gasteiger partial charge on any atom is -0.463 e. The molecule has 1 unspecified atom stereocenters. The third-order valence-corrected chi connectivity index (χ3v) is 4.54. The van der Waals surface area contributed by atoms with Gasteiger partial charge >= 0.3 is 12.0 Å². The molecule has 0 heterocycles. The molecular formula is C22H26BrN3O4. The Hall–Kier alpha value is -2.87. The Morgan fingerprint density at radius 3 is 2.30 bits per heavy atom. The van der Waals surface area contributed by atoms with E-state index in [0.29, 0.717) is 5.69 Å². The maximum atomic E-state index is 12.4. The van der Waals surface area contributed by atoms with Gasteiger partial charge in [0.15, 0.2) is 0 Å². The largest absolute Gasteiger partial charge is 0.463 e. The number of halogens is 1. The van der Waals surface area contributed by atoms with E-state index in [2.05, 4.69) is 31.9 Å². The van der Waals surface area contributed by atoms with Crippen molar-refractivity contribution in [2.24, 2.45) is 0 Å². The lowest BCUT2D eigenvalue weighted by Gasteiger charge is -2.19. The molecule has 0 bridgehead atoms. The smallest absolute Gasteiger partial charge is 0.319 e. The summed E-state index contributed by atoms with van der Waals surface area (Å²) in [7, 11) is 0. The number of ether oxygens (including phenoxy) is 1. The molecule has 3 N–H and O–H groups in total. The summed E-state index contributed by atoms with van der Waals surface area (Å²) < 4.78 is 6.11. The van der Waals surface area contributed by atoms with E-state index in [1.54, 1.807) is 26.0 Å². The number of esters is 1. The van der Waals surface area contributed by atoms with Crippen LogP contribution in [-0.4, -0.2) is 30.6 Å². The molecule has 3 amide bonds. The highest BCUT2D eigenvalue weighted by Crippen LogP contribution is 2.18. The van der Waals surface area contributed by atoms with E-state index < -0.39 is 12.1 Å². The number of anilines is 1. The van der Waals surface area contributed by atoms with Crippen LogP contribution < -0.4 is 16.0 Å². The zero-order valence-electron chi connectivity index (χ0n) is 17.0. The minimum atomic E-state index is -0.499. The predicted molar refractivity (Wildman–Crippen MR) is 119 cm³/mol. The molecule has 1 atom stereocenters. The van der Waals surface area contributed by atoms with Gasteiger partial charge in [-0.25, -0.2) is 4.79 Å². The number of amides is 3. The fourth-order valence-electron chi connectivity index (χ4n) is 2.68. The monoisotopic (exact) mass is 475 g/mol. The van der Waals surface area contributed by atoms with Gasteiger partial charge in [0.2, 0.25) is 5.91 Å². The van der Waals surface area contributed by atoms with E-state index in [9.17, 15) is 14.4 Å². The highest BCUT2D eigenvalue weighted by molar-refractivity contribution is 9.10. The van der Waals surface area contributed by atoms with Crippen molar-refractivity contribution >= 4 is 39.5 Å². The van der Waals surface area contributed by atoms with Gasteiger partial charge in [0.1, 0.15) is 0 Å². The third-order valence-electron chi connectivity index (χ3n) is 4.01. The molecule has 2 aromatic carbocycles. The number of hydrogen-bond donors (Lipinski definition) is 3. The van der Waals surface area contributed by atoms with Crippen molar-refractivity contribution in [1.29, 1.82) is 0 Å². The molecule has 2 rings (SSSR count). The lowest BCUT2D eigenvalue weighted by atomic mass is 10.0. The van der Waals surface area contributed by atoms with Crippen LogP contribution >= 0.6 is 15.9 Å². The van der Waals surface area contributed by atoms with E-state index in [4.69, 9.17) is 4.74 Å². The standard InChI is InChI=1S/C22H26BrN3O4/c1-15(2)30-21(28)14-19(16-6-4-3-5-7-16)26-20(27)12-13-24-22(29)25-18-10-8-17(23)9-11-18/h3-11,15,19H,12-14H2,1-2H3,(H,26,27)(H2,24,25,29). The van der Waals surface area contributed by atoms with Crippen molar-refractivity contribution in [3.05, 3.63) is 64.6 Å². The van der Waals surface area contributed by atoms with Crippen LogP contribution in [0.5, 0.6) is 0 Å². The molecule has 0 spiro atoms. The molecule has 8 heteroatoms. The molecule has 2 aromatic rings. The molecule has 0 saturated heterocycles. The van der Waals surface area contributed by atoms with Gasteiger partial charge in [-0.2, -0.15) is 0 Å². The first kappa shape index (κ1) is 23.4. The van der Waals surface area contributed by atoms with E-state index >= 15 is 0 Å². The van der Waals surface area contributed by atoms with Crippen LogP contribution in [-0.2, 0) is 14.3 Å². The first-order valence-electron chi connectivity index (χ1n) is 9.67. The van der Waals surface area contributed by atoms with Crippen molar-refractivity contribution in [2.45, 2.75) is 38.8 Å². The number of hydrogen-bond acceptors (Lipinski definition) is 4. The summed E-state index contributed by atoms with van der Waals surface area (Å²) in [5.74, 6) is -0.656.